The Labute approximate surface area is 184 Å². The Balaban J connectivity index is 1.67. The van der Waals surface area contributed by atoms with Crippen LogP contribution >= 0.6 is 0 Å². The second kappa shape index (κ2) is 7.45. The predicted molar refractivity (Wildman–Crippen MR) is 118 cm³/mol. The standard InChI is InChI=1S/C23H19FN4O3S/c1-15-8-10-16(11-9-15)32(30,31)27-14-12-18-21(17-5-4-13-25-22(17)27)26-28(23(18)29)20-7-3-2-6-19(20)24/h2-11,13,29H,12,14H2,1H3. The van der Waals surface area contributed by atoms with Gasteiger partial charge in [0.15, 0.2) is 5.82 Å². The van der Waals surface area contributed by atoms with E-state index < -0.39 is 15.8 Å². The molecule has 162 valence electrons. The third kappa shape index (κ3) is 3.13. The van der Waals surface area contributed by atoms with Crippen molar-refractivity contribution in [2.24, 2.45) is 0 Å². The Morgan fingerprint density at radius 1 is 1.03 bits per heavy atom. The first-order valence-corrected chi connectivity index (χ1v) is 11.4. The topological polar surface area (TPSA) is 88.3 Å². The van der Waals surface area contributed by atoms with Crippen LogP contribution in [0.2, 0.25) is 0 Å². The SMILES string of the molecule is Cc1ccc(S(=O)(=O)N2CCc3c(nn(-c4ccccc4F)c3O)-c3cccnc32)cc1. The molecule has 32 heavy (non-hydrogen) atoms. The van der Waals surface area contributed by atoms with Gasteiger partial charge in [0.05, 0.1) is 4.90 Å². The highest BCUT2D eigenvalue weighted by atomic mass is 32.2. The normalized spacial score (nSPS) is 13.4. The van der Waals surface area contributed by atoms with Crippen molar-refractivity contribution >= 4 is 15.8 Å². The number of halogens is 1. The lowest BCUT2D eigenvalue weighted by Crippen LogP contribution is -2.33. The molecule has 0 fully saturated rings. The van der Waals surface area contributed by atoms with Gasteiger partial charge in [-0.05, 0) is 49.7 Å². The fourth-order valence-electron chi connectivity index (χ4n) is 3.85. The van der Waals surface area contributed by atoms with Crippen LogP contribution in [0.4, 0.5) is 10.2 Å². The zero-order valence-corrected chi connectivity index (χ0v) is 17.9. The van der Waals surface area contributed by atoms with Gasteiger partial charge in [-0.3, -0.25) is 0 Å². The molecule has 0 spiro atoms. The summed E-state index contributed by atoms with van der Waals surface area (Å²) in [5, 5.41) is 15.3. The first-order chi connectivity index (χ1) is 15.4. The van der Waals surface area contributed by atoms with Crippen molar-refractivity contribution in [3.05, 3.63) is 83.8 Å². The molecule has 7 nitrogen and oxygen atoms in total. The number of hydrogen-bond donors (Lipinski definition) is 1. The lowest BCUT2D eigenvalue weighted by molar-refractivity contribution is 0.424. The quantitative estimate of drug-likeness (QED) is 0.512. The molecule has 0 atom stereocenters. The molecule has 3 heterocycles. The average Bonchev–Trinajstić information content (AvgIpc) is 3.00. The number of rotatable bonds is 3. The highest BCUT2D eigenvalue weighted by Gasteiger charge is 2.34. The van der Waals surface area contributed by atoms with Gasteiger partial charge < -0.3 is 5.11 Å². The van der Waals surface area contributed by atoms with Gasteiger partial charge in [-0.15, -0.1) is 0 Å². The van der Waals surface area contributed by atoms with Crippen LogP contribution in [-0.4, -0.2) is 34.8 Å². The molecular formula is C23H19FN4O3S. The van der Waals surface area contributed by atoms with Crippen LogP contribution < -0.4 is 4.31 Å². The summed E-state index contributed by atoms with van der Waals surface area (Å²) < 4.78 is 43.6. The maximum Gasteiger partial charge on any atom is 0.265 e. The lowest BCUT2D eigenvalue weighted by atomic mass is 10.1. The number of fused-ring (bicyclic) bond motifs is 3. The van der Waals surface area contributed by atoms with E-state index in [1.807, 2.05) is 6.92 Å². The minimum absolute atomic E-state index is 0.0454. The predicted octanol–water partition coefficient (Wildman–Crippen LogP) is 3.84. The molecule has 0 aliphatic carbocycles. The molecule has 2 aromatic carbocycles. The van der Waals surface area contributed by atoms with E-state index in [0.29, 0.717) is 16.8 Å². The van der Waals surface area contributed by atoms with E-state index >= 15 is 0 Å². The molecule has 0 saturated carbocycles. The van der Waals surface area contributed by atoms with Crippen molar-refractivity contribution in [2.45, 2.75) is 18.2 Å². The number of sulfonamides is 1. The Hall–Kier alpha value is -3.72. The van der Waals surface area contributed by atoms with Crippen molar-refractivity contribution < 1.29 is 17.9 Å². The van der Waals surface area contributed by atoms with Crippen molar-refractivity contribution in [2.75, 3.05) is 10.8 Å². The summed E-state index contributed by atoms with van der Waals surface area (Å²) >= 11 is 0. The Morgan fingerprint density at radius 3 is 2.53 bits per heavy atom. The molecule has 5 rings (SSSR count). The average molecular weight is 450 g/mol. The van der Waals surface area contributed by atoms with Gasteiger partial charge in [0.1, 0.15) is 17.2 Å². The second-order valence-corrected chi connectivity index (χ2v) is 9.39. The molecule has 0 unspecified atom stereocenters. The Kier molecular flexibility index (Phi) is 4.70. The number of pyridine rings is 1. The van der Waals surface area contributed by atoms with E-state index in [2.05, 4.69) is 10.1 Å². The largest absolute Gasteiger partial charge is 0.493 e. The fourth-order valence-corrected chi connectivity index (χ4v) is 5.29. The van der Waals surface area contributed by atoms with Crippen molar-refractivity contribution in [3.63, 3.8) is 0 Å². The van der Waals surface area contributed by atoms with Gasteiger partial charge >= 0.3 is 0 Å². The third-order valence-corrected chi connectivity index (χ3v) is 7.29. The highest BCUT2D eigenvalue weighted by molar-refractivity contribution is 7.92. The van der Waals surface area contributed by atoms with E-state index in [1.165, 1.54) is 22.6 Å². The second-order valence-electron chi connectivity index (χ2n) is 7.53. The van der Waals surface area contributed by atoms with E-state index in [-0.39, 0.29) is 35.2 Å². The van der Waals surface area contributed by atoms with Crippen molar-refractivity contribution in [1.29, 1.82) is 0 Å². The fraction of sp³-hybridized carbons (Fsp3) is 0.130. The van der Waals surface area contributed by atoms with Crippen LogP contribution in [0.15, 0.2) is 71.8 Å². The zero-order valence-electron chi connectivity index (χ0n) is 17.1. The first-order valence-electron chi connectivity index (χ1n) is 9.98. The summed E-state index contributed by atoms with van der Waals surface area (Å²) in [5.41, 5.74) is 2.30. The van der Waals surface area contributed by atoms with E-state index in [9.17, 15) is 17.9 Å². The third-order valence-electron chi connectivity index (χ3n) is 5.49. The summed E-state index contributed by atoms with van der Waals surface area (Å²) in [5.74, 6) is -0.546. The van der Waals surface area contributed by atoms with Crippen molar-refractivity contribution in [3.8, 4) is 22.8 Å². The molecule has 0 amide bonds. The number of aryl methyl sites for hydroxylation is 1. The number of benzene rings is 2. The number of para-hydroxylation sites is 1. The van der Waals surface area contributed by atoms with Crippen LogP contribution in [0.1, 0.15) is 11.1 Å². The maximum absolute atomic E-state index is 14.4. The summed E-state index contributed by atoms with van der Waals surface area (Å²) in [6.07, 6.45) is 1.69. The molecular weight excluding hydrogens is 431 g/mol. The number of anilines is 1. The summed E-state index contributed by atoms with van der Waals surface area (Å²) in [4.78, 5) is 4.49. The minimum atomic E-state index is -3.90. The molecule has 1 aliphatic heterocycles. The number of aromatic nitrogens is 3. The van der Waals surface area contributed by atoms with Crippen LogP contribution in [0.3, 0.4) is 0 Å². The summed E-state index contributed by atoms with van der Waals surface area (Å²) in [6, 6.07) is 16.0. The number of nitrogens with zero attached hydrogens (tertiary/aromatic N) is 4. The number of aromatic hydroxyl groups is 1. The molecule has 2 aromatic heterocycles. The van der Waals surface area contributed by atoms with E-state index in [0.717, 1.165) is 10.2 Å². The van der Waals surface area contributed by atoms with Crippen molar-refractivity contribution in [1.82, 2.24) is 14.8 Å². The molecule has 0 saturated heterocycles. The van der Waals surface area contributed by atoms with E-state index in [4.69, 9.17) is 0 Å². The van der Waals surface area contributed by atoms with E-state index in [1.54, 1.807) is 48.5 Å². The van der Waals surface area contributed by atoms with Crippen LogP contribution in [0, 0.1) is 12.7 Å². The molecule has 1 aliphatic rings. The molecule has 1 N–H and O–H groups in total. The van der Waals surface area contributed by atoms with Gasteiger partial charge in [-0.1, -0.05) is 29.8 Å². The first kappa shape index (κ1) is 20.2. The van der Waals surface area contributed by atoms with Gasteiger partial charge in [-0.25, -0.2) is 22.1 Å². The van der Waals surface area contributed by atoms with Crippen LogP contribution in [0.25, 0.3) is 16.9 Å². The molecule has 4 aromatic rings. The van der Waals surface area contributed by atoms with Gasteiger partial charge in [0.2, 0.25) is 5.88 Å². The summed E-state index contributed by atoms with van der Waals surface area (Å²) in [7, 11) is -3.90. The molecule has 9 heteroatoms. The van der Waals surface area contributed by atoms with Crippen LogP contribution in [0.5, 0.6) is 5.88 Å². The zero-order chi connectivity index (χ0) is 22.5. The van der Waals surface area contributed by atoms with Gasteiger partial charge in [-0.2, -0.15) is 9.78 Å². The lowest BCUT2D eigenvalue weighted by Gasteiger charge is -2.23. The maximum atomic E-state index is 14.4. The minimum Gasteiger partial charge on any atom is -0.493 e. The summed E-state index contributed by atoms with van der Waals surface area (Å²) in [6.45, 7) is 1.93. The Bertz CT molecular complexity index is 1430. The van der Waals surface area contributed by atoms with Gasteiger partial charge in [0.25, 0.3) is 10.0 Å². The van der Waals surface area contributed by atoms with Crippen LogP contribution in [-0.2, 0) is 16.4 Å². The monoisotopic (exact) mass is 450 g/mol. The molecule has 0 radical (unpaired) electrons. The van der Waals surface area contributed by atoms with Gasteiger partial charge in [0, 0.05) is 23.9 Å². The Morgan fingerprint density at radius 2 is 1.78 bits per heavy atom. The highest BCUT2D eigenvalue weighted by Crippen LogP contribution is 2.40. The smallest absolute Gasteiger partial charge is 0.265 e. The number of hydrogen-bond acceptors (Lipinski definition) is 5. The molecule has 0 bridgehead atoms.